The summed E-state index contributed by atoms with van der Waals surface area (Å²) in [5.41, 5.74) is 0.359. The van der Waals surface area contributed by atoms with E-state index in [1.807, 2.05) is 6.07 Å². The van der Waals surface area contributed by atoms with Crippen LogP contribution in [0.2, 0.25) is 19.6 Å². The highest BCUT2D eigenvalue weighted by atomic mass is 28.3. The highest BCUT2D eigenvalue weighted by Crippen LogP contribution is 2.14. The minimum Gasteiger partial charge on any atom is -0.325 e. The molecule has 0 radical (unpaired) electrons. The van der Waals surface area contributed by atoms with Crippen molar-refractivity contribution in [3.63, 3.8) is 0 Å². The Labute approximate surface area is 118 Å². The van der Waals surface area contributed by atoms with Crippen LogP contribution >= 0.6 is 0 Å². The van der Waals surface area contributed by atoms with E-state index in [-0.39, 0.29) is 12.8 Å². The minimum absolute atomic E-state index is 0.0983. The lowest BCUT2D eigenvalue weighted by Crippen LogP contribution is -2.38. The van der Waals surface area contributed by atoms with Gasteiger partial charge in [-0.15, -0.1) is 5.06 Å². The molecule has 1 aliphatic rings. The van der Waals surface area contributed by atoms with Crippen LogP contribution in [0.3, 0.4) is 0 Å². The number of rotatable bonds is 3. The van der Waals surface area contributed by atoms with Gasteiger partial charge in [-0.2, -0.15) is 0 Å². The van der Waals surface area contributed by atoms with Crippen LogP contribution in [0.1, 0.15) is 23.2 Å². The number of carbonyl (C=O) groups is 3. The Morgan fingerprint density at radius 3 is 2.30 bits per heavy atom. The molecule has 106 valence electrons. The van der Waals surface area contributed by atoms with Gasteiger partial charge in [0.05, 0.1) is 13.6 Å². The molecular formula is C14H17NO4Si. The van der Waals surface area contributed by atoms with Crippen LogP contribution < -0.4 is 5.19 Å². The number of carbonyl (C=O) groups excluding carboxylic acids is 3. The van der Waals surface area contributed by atoms with Gasteiger partial charge >= 0.3 is 5.97 Å². The molecule has 1 saturated heterocycles. The maximum Gasteiger partial charge on any atom is 0.363 e. The molecule has 0 unspecified atom stereocenters. The lowest BCUT2D eigenvalue weighted by atomic mass is 10.2. The number of benzene rings is 1. The lowest BCUT2D eigenvalue weighted by Gasteiger charge is -2.18. The highest BCUT2D eigenvalue weighted by molar-refractivity contribution is 6.88. The number of hydrogen-bond acceptors (Lipinski definition) is 4. The molecule has 0 N–H and O–H groups in total. The van der Waals surface area contributed by atoms with E-state index < -0.39 is 25.9 Å². The van der Waals surface area contributed by atoms with E-state index in [1.54, 1.807) is 18.2 Å². The second-order valence-electron chi connectivity index (χ2n) is 5.79. The van der Waals surface area contributed by atoms with Crippen LogP contribution in [0.4, 0.5) is 0 Å². The van der Waals surface area contributed by atoms with Crippen molar-refractivity contribution in [3.8, 4) is 0 Å². The normalized spacial score (nSPS) is 15.7. The van der Waals surface area contributed by atoms with Crippen molar-refractivity contribution in [3.05, 3.63) is 29.8 Å². The van der Waals surface area contributed by atoms with Crippen LogP contribution in [0.25, 0.3) is 0 Å². The number of amides is 2. The molecule has 6 heteroatoms. The predicted octanol–water partition coefficient (Wildman–Crippen LogP) is 1.45. The van der Waals surface area contributed by atoms with Gasteiger partial charge in [-0.05, 0) is 12.1 Å². The van der Waals surface area contributed by atoms with Gasteiger partial charge in [0.2, 0.25) is 0 Å². The fourth-order valence-electron chi connectivity index (χ4n) is 1.91. The molecule has 5 nitrogen and oxygen atoms in total. The molecule has 1 aliphatic heterocycles. The van der Waals surface area contributed by atoms with Crippen molar-refractivity contribution >= 4 is 31.0 Å². The Balaban J connectivity index is 2.18. The van der Waals surface area contributed by atoms with Gasteiger partial charge in [-0.3, -0.25) is 9.59 Å². The van der Waals surface area contributed by atoms with Crippen molar-refractivity contribution in [2.24, 2.45) is 0 Å². The van der Waals surface area contributed by atoms with Gasteiger partial charge in [-0.25, -0.2) is 4.79 Å². The van der Waals surface area contributed by atoms with Crippen molar-refractivity contribution < 1.29 is 19.2 Å². The Hall–Kier alpha value is -1.95. The lowest BCUT2D eigenvalue weighted by molar-refractivity contribution is -0.172. The SMILES string of the molecule is C[Si](C)(C)c1cccc(C(=O)ON2C(=O)CCC2=O)c1. The van der Waals surface area contributed by atoms with Gasteiger partial charge in [-0.1, -0.05) is 37.0 Å². The largest absolute Gasteiger partial charge is 0.363 e. The molecule has 2 rings (SSSR count). The van der Waals surface area contributed by atoms with E-state index in [0.717, 1.165) is 5.19 Å². The highest BCUT2D eigenvalue weighted by Gasteiger charge is 2.33. The first-order valence-corrected chi connectivity index (χ1v) is 9.97. The second kappa shape index (κ2) is 5.20. The zero-order chi connectivity index (χ0) is 14.9. The molecule has 0 aliphatic carbocycles. The summed E-state index contributed by atoms with van der Waals surface area (Å²) >= 11 is 0. The summed E-state index contributed by atoms with van der Waals surface area (Å²) in [5.74, 6) is -1.61. The molecule has 1 fully saturated rings. The standard InChI is InChI=1S/C14H17NO4Si/c1-20(2,3)11-6-4-5-10(9-11)14(18)19-15-12(16)7-8-13(15)17/h4-6,9H,7-8H2,1-3H3. The van der Waals surface area contributed by atoms with Crippen LogP contribution in [-0.2, 0) is 14.4 Å². The molecule has 0 atom stereocenters. The van der Waals surface area contributed by atoms with E-state index in [0.29, 0.717) is 10.6 Å². The van der Waals surface area contributed by atoms with Crippen LogP contribution in [-0.4, -0.2) is 30.9 Å². The molecule has 1 heterocycles. The van der Waals surface area contributed by atoms with Crippen molar-refractivity contribution in [1.82, 2.24) is 5.06 Å². The first-order valence-electron chi connectivity index (χ1n) is 6.47. The first-order chi connectivity index (χ1) is 9.29. The minimum atomic E-state index is -1.54. The van der Waals surface area contributed by atoms with Crippen molar-refractivity contribution in [2.45, 2.75) is 32.5 Å². The molecule has 0 saturated carbocycles. The van der Waals surface area contributed by atoms with E-state index in [2.05, 4.69) is 19.6 Å². The fraction of sp³-hybridized carbons (Fsp3) is 0.357. The van der Waals surface area contributed by atoms with Gasteiger partial charge in [0.15, 0.2) is 0 Å². The zero-order valence-electron chi connectivity index (χ0n) is 11.8. The predicted molar refractivity (Wildman–Crippen MR) is 75.9 cm³/mol. The Kier molecular flexibility index (Phi) is 3.76. The summed E-state index contributed by atoms with van der Waals surface area (Å²) in [6.45, 7) is 6.51. The Bertz CT molecular complexity index is 561. The van der Waals surface area contributed by atoms with Gasteiger partial charge in [0, 0.05) is 12.8 Å². The van der Waals surface area contributed by atoms with Crippen LogP contribution in [0, 0.1) is 0 Å². The maximum absolute atomic E-state index is 12.0. The van der Waals surface area contributed by atoms with Gasteiger partial charge in [0.1, 0.15) is 0 Å². The van der Waals surface area contributed by atoms with Crippen molar-refractivity contribution in [1.29, 1.82) is 0 Å². The molecule has 20 heavy (non-hydrogen) atoms. The first kappa shape index (κ1) is 14.5. The fourth-order valence-corrected chi connectivity index (χ4v) is 3.09. The molecule has 0 aromatic heterocycles. The van der Waals surface area contributed by atoms with E-state index in [4.69, 9.17) is 4.84 Å². The Morgan fingerprint density at radius 2 is 1.75 bits per heavy atom. The van der Waals surface area contributed by atoms with Crippen LogP contribution in [0.15, 0.2) is 24.3 Å². The number of hydroxylamine groups is 2. The summed E-state index contributed by atoms with van der Waals surface area (Å²) < 4.78 is 0. The van der Waals surface area contributed by atoms with Crippen LogP contribution in [0.5, 0.6) is 0 Å². The van der Waals surface area contributed by atoms with Gasteiger partial charge in [0.25, 0.3) is 11.8 Å². The average Bonchev–Trinajstić information content (AvgIpc) is 2.69. The topological polar surface area (TPSA) is 63.7 Å². The number of hydrogen-bond donors (Lipinski definition) is 0. The molecule has 0 spiro atoms. The third-order valence-electron chi connectivity index (χ3n) is 3.14. The smallest absolute Gasteiger partial charge is 0.325 e. The van der Waals surface area contributed by atoms with E-state index in [1.165, 1.54) is 0 Å². The zero-order valence-corrected chi connectivity index (χ0v) is 12.8. The number of imide groups is 1. The molecule has 0 bridgehead atoms. The van der Waals surface area contributed by atoms with Crippen molar-refractivity contribution in [2.75, 3.05) is 0 Å². The Morgan fingerprint density at radius 1 is 1.15 bits per heavy atom. The molecular weight excluding hydrogens is 274 g/mol. The quantitative estimate of drug-likeness (QED) is 0.624. The molecule has 2 amide bonds. The number of nitrogens with zero attached hydrogens (tertiary/aromatic N) is 1. The summed E-state index contributed by atoms with van der Waals surface area (Å²) in [7, 11) is -1.54. The average molecular weight is 291 g/mol. The van der Waals surface area contributed by atoms with E-state index in [9.17, 15) is 14.4 Å². The molecule has 1 aromatic carbocycles. The summed E-state index contributed by atoms with van der Waals surface area (Å²) in [6, 6.07) is 7.17. The summed E-state index contributed by atoms with van der Waals surface area (Å²) in [5, 5.41) is 1.69. The third kappa shape index (κ3) is 2.96. The second-order valence-corrected chi connectivity index (χ2v) is 10.9. The van der Waals surface area contributed by atoms with E-state index >= 15 is 0 Å². The summed E-state index contributed by atoms with van der Waals surface area (Å²) in [6.07, 6.45) is 0.197. The summed E-state index contributed by atoms with van der Waals surface area (Å²) in [4.78, 5) is 39.7. The van der Waals surface area contributed by atoms with Gasteiger partial charge < -0.3 is 4.84 Å². The monoisotopic (exact) mass is 291 g/mol. The molecule has 1 aromatic rings. The maximum atomic E-state index is 12.0. The third-order valence-corrected chi connectivity index (χ3v) is 5.19.